The van der Waals surface area contributed by atoms with Crippen LogP contribution in [0.5, 0.6) is 0 Å². The Balaban J connectivity index is 1.97. The molecule has 1 aliphatic rings. The fourth-order valence-electron chi connectivity index (χ4n) is 2.39. The van der Waals surface area contributed by atoms with Crippen LogP contribution in [0.25, 0.3) is 0 Å². The number of hydrogen-bond acceptors (Lipinski definition) is 3. The SMILES string of the molecule is CCOC(=O)Cc1ccc(C2CCC(=O)C2)cc1. The van der Waals surface area contributed by atoms with Crippen LogP contribution >= 0.6 is 0 Å². The minimum absolute atomic E-state index is 0.193. The second-order valence-electron chi connectivity index (χ2n) is 4.70. The minimum Gasteiger partial charge on any atom is -0.466 e. The quantitative estimate of drug-likeness (QED) is 0.767. The van der Waals surface area contributed by atoms with Gasteiger partial charge in [-0.25, -0.2) is 0 Å². The number of ketones is 1. The molecule has 3 nitrogen and oxygen atoms in total. The molecule has 1 unspecified atom stereocenters. The van der Waals surface area contributed by atoms with E-state index in [1.54, 1.807) is 6.92 Å². The summed E-state index contributed by atoms with van der Waals surface area (Å²) in [5.41, 5.74) is 2.16. The van der Waals surface area contributed by atoms with E-state index < -0.39 is 0 Å². The van der Waals surface area contributed by atoms with Gasteiger partial charge in [0.05, 0.1) is 13.0 Å². The molecule has 0 bridgehead atoms. The molecule has 0 radical (unpaired) electrons. The summed E-state index contributed by atoms with van der Waals surface area (Å²) in [4.78, 5) is 22.6. The molecule has 0 spiro atoms. The highest BCUT2D eigenvalue weighted by Gasteiger charge is 2.23. The molecule has 96 valence electrons. The first-order chi connectivity index (χ1) is 8.69. The predicted molar refractivity (Wildman–Crippen MR) is 68.4 cm³/mol. The zero-order chi connectivity index (χ0) is 13.0. The standard InChI is InChI=1S/C15H18O3/c1-2-18-15(17)9-11-3-5-12(6-4-11)13-7-8-14(16)10-13/h3-6,13H,2,7-10H2,1H3. The molecule has 0 aliphatic heterocycles. The first-order valence-corrected chi connectivity index (χ1v) is 6.45. The molecule has 0 N–H and O–H groups in total. The van der Waals surface area contributed by atoms with Crippen molar-refractivity contribution >= 4 is 11.8 Å². The van der Waals surface area contributed by atoms with Crippen LogP contribution in [0.2, 0.25) is 0 Å². The van der Waals surface area contributed by atoms with Crippen molar-refractivity contribution in [1.82, 2.24) is 0 Å². The van der Waals surface area contributed by atoms with Gasteiger partial charge in [-0.15, -0.1) is 0 Å². The molecule has 0 amide bonds. The van der Waals surface area contributed by atoms with E-state index in [0.717, 1.165) is 12.0 Å². The number of esters is 1. The lowest BCUT2D eigenvalue weighted by Crippen LogP contribution is -2.07. The lowest BCUT2D eigenvalue weighted by atomic mass is 9.96. The molecule has 18 heavy (non-hydrogen) atoms. The number of carbonyl (C=O) groups excluding carboxylic acids is 2. The predicted octanol–water partition coefficient (Wildman–Crippen LogP) is 2.63. The molecule has 1 aromatic carbocycles. The molecule has 1 fully saturated rings. The van der Waals surface area contributed by atoms with Gasteiger partial charge in [0.2, 0.25) is 0 Å². The Bertz CT molecular complexity index is 434. The Labute approximate surface area is 107 Å². The minimum atomic E-state index is -0.193. The topological polar surface area (TPSA) is 43.4 Å². The maximum absolute atomic E-state index is 11.3. The number of benzene rings is 1. The van der Waals surface area contributed by atoms with E-state index in [2.05, 4.69) is 0 Å². The number of hydrogen-bond donors (Lipinski definition) is 0. The van der Waals surface area contributed by atoms with Gasteiger partial charge in [0.25, 0.3) is 0 Å². The average Bonchev–Trinajstić information content (AvgIpc) is 2.77. The van der Waals surface area contributed by atoms with Gasteiger partial charge in [-0.1, -0.05) is 24.3 Å². The number of carbonyl (C=O) groups is 2. The second kappa shape index (κ2) is 5.80. The van der Waals surface area contributed by atoms with Gasteiger partial charge in [0.1, 0.15) is 5.78 Å². The summed E-state index contributed by atoms with van der Waals surface area (Å²) in [6.45, 7) is 2.22. The lowest BCUT2D eigenvalue weighted by molar-refractivity contribution is -0.142. The number of ether oxygens (including phenoxy) is 1. The van der Waals surface area contributed by atoms with Gasteiger partial charge < -0.3 is 4.74 Å². The molecule has 0 heterocycles. The van der Waals surface area contributed by atoms with E-state index in [-0.39, 0.29) is 5.97 Å². The maximum Gasteiger partial charge on any atom is 0.310 e. The van der Waals surface area contributed by atoms with Crippen molar-refractivity contribution in [3.63, 3.8) is 0 Å². The van der Waals surface area contributed by atoms with Gasteiger partial charge in [0, 0.05) is 12.8 Å². The summed E-state index contributed by atoms with van der Waals surface area (Å²) >= 11 is 0. The van der Waals surface area contributed by atoms with Crippen LogP contribution in [0.4, 0.5) is 0 Å². The zero-order valence-corrected chi connectivity index (χ0v) is 10.6. The summed E-state index contributed by atoms with van der Waals surface area (Å²) < 4.78 is 4.91. The largest absolute Gasteiger partial charge is 0.466 e. The highest BCUT2D eigenvalue weighted by Crippen LogP contribution is 2.31. The molecule has 1 atom stereocenters. The summed E-state index contributed by atoms with van der Waals surface area (Å²) in [5.74, 6) is 0.533. The van der Waals surface area contributed by atoms with Gasteiger partial charge in [0.15, 0.2) is 0 Å². The van der Waals surface area contributed by atoms with Crippen molar-refractivity contribution in [2.75, 3.05) is 6.61 Å². The Morgan fingerprint density at radius 1 is 1.33 bits per heavy atom. The van der Waals surface area contributed by atoms with Crippen LogP contribution in [0.1, 0.15) is 43.2 Å². The molecule has 0 aromatic heterocycles. The first kappa shape index (κ1) is 12.8. The fraction of sp³-hybridized carbons (Fsp3) is 0.467. The van der Waals surface area contributed by atoms with Crippen molar-refractivity contribution in [3.8, 4) is 0 Å². The maximum atomic E-state index is 11.3. The van der Waals surface area contributed by atoms with Crippen LogP contribution in [0.3, 0.4) is 0 Å². The Hall–Kier alpha value is -1.64. The molecule has 2 rings (SSSR count). The zero-order valence-electron chi connectivity index (χ0n) is 10.6. The van der Waals surface area contributed by atoms with E-state index in [1.165, 1.54) is 5.56 Å². The Kier molecular flexibility index (Phi) is 4.13. The molecule has 1 aromatic rings. The summed E-state index contributed by atoms with van der Waals surface area (Å²) in [7, 11) is 0. The highest BCUT2D eigenvalue weighted by molar-refractivity contribution is 5.81. The molecule has 3 heteroatoms. The van der Waals surface area contributed by atoms with Crippen LogP contribution in [-0.4, -0.2) is 18.4 Å². The number of rotatable bonds is 4. The van der Waals surface area contributed by atoms with E-state index >= 15 is 0 Å². The fourth-order valence-corrected chi connectivity index (χ4v) is 2.39. The van der Waals surface area contributed by atoms with Crippen LogP contribution in [0, 0.1) is 0 Å². The molecular formula is C15H18O3. The third-order valence-corrected chi connectivity index (χ3v) is 3.35. The van der Waals surface area contributed by atoms with E-state index in [1.807, 2.05) is 24.3 Å². The number of Topliss-reactive ketones (excluding diaryl/α,β-unsaturated/α-hetero) is 1. The van der Waals surface area contributed by atoms with Gasteiger partial charge in [-0.2, -0.15) is 0 Å². The Morgan fingerprint density at radius 3 is 2.61 bits per heavy atom. The van der Waals surface area contributed by atoms with Crippen LogP contribution in [0.15, 0.2) is 24.3 Å². The van der Waals surface area contributed by atoms with Gasteiger partial charge in [-0.05, 0) is 30.4 Å². The first-order valence-electron chi connectivity index (χ1n) is 6.45. The summed E-state index contributed by atoms with van der Waals surface area (Å²) in [5, 5.41) is 0. The van der Waals surface area contributed by atoms with Crippen molar-refractivity contribution < 1.29 is 14.3 Å². The van der Waals surface area contributed by atoms with Crippen molar-refractivity contribution in [2.24, 2.45) is 0 Å². The van der Waals surface area contributed by atoms with Gasteiger partial charge >= 0.3 is 5.97 Å². The van der Waals surface area contributed by atoms with E-state index in [0.29, 0.717) is 37.6 Å². The second-order valence-corrected chi connectivity index (χ2v) is 4.70. The van der Waals surface area contributed by atoms with E-state index in [9.17, 15) is 9.59 Å². The molecular weight excluding hydrogens is 228 g/mol. The van der Waals surface area contributed by atoms with Crippen molar-refractivity contribution in [2.45, 2.75) is 38.5 Å². The Morgan fingerprint density at radius 2 is 2.06 bits per heavy atom. The van der Waals surface area contributed by atoms with Crippen LogP contribution < -0.4 is 0 Å². The summed E-state index contributed by atoms with van der Waals surface area (Å²) in [6, 6.07) is 7.96. The third-order valence-electron chi connectivity index (χ3n) is 3.35. The van der Waals surface area contributed by atoms with Crippen LogP contribution in [-0.2, 0) is 20.7 Å². The monoisotopic (exact) mass is 246 g/mol. The molecule has 1 aliphatic carbocycles. The van der Waals surface area contributed by atoms with Crippen molar-refractivity contribution in [3.05, 3.63) is 35.4 Å². The summed E-state index contributed by atoms with van der Waals surface area (Å²) in [6.07, 6.45) is 2.64. The lowest BCUT2D eigenvalue weighted by Gasteiger charge is -2.09. The smallest absolute Gasteiger partial charge is 0.310 e. The normalized spacial score (nSPS) is 18.9. The highest BCUT2D eigenvalue weighted by atomic mass is 16.5. The van der Waals surface area contributed by atoms with Crippen molar-refractivity contribution in [1.29, 1.82) is 0 Å². The molecule has 0 saturated heterocycles. The van der Waals surface area contributed by atoms with Gasteiger partial charge in [-0.3, -0.25) is 9.59 Å². The average molecular weight is 246 g/mol. The van der Waals surface area contributed by atoms with E-state index in [4.69, 9.17) is 4.74 Å². The molecule has 1 saturated carbocycles. The third kappa shape index (κ3) is 3.19.